The summed E-state index contributed by atoms with van der Waals surface area (Å²) in [5.41, 5.74) is 7.59. The molecule has 0 aliphatic rings. The van der Waals surface area contributed by atoms with Gasteiger partial charge in [-0.15, -0.1) is 0 Å². The van der Waals surface area contributed by atoms with E-state index >= 15 is 0 Å². The summed E-state index contributed by atoms with van der Waals surface area (Å²) in [5, 5.41) is 21.9. The molecule has 3 rings (SSSR count). The molecule has 1 heterocycles. The first-order valence-corrected chi connectivity index (χ1v) is 9.84. The Bertz CT molecular complexity index is 1090. The number of H-pyrrole nitrogens is 1. The number of benzene rings is 2. The lowest BCUT2D eigenvalue weighted by atomic mass is 9.91. The standard InChI is InChI=1S/C22H22FN5O4/c23-17-3-1-2-15(9-17)14-6-4-13(5-7-14)8-18(10-16(22(31)32)11-20(24)29)26-21(30)19-12-25-28-27-19/h1-7,9,12,16,18H,8,10-11H2,(H2,24,29)(H,26,30)(H,31,32)(H,25,27,28). The Labute approximate surface area is 182 Å². The number of aromatic amines is 1. The molecule has 0 aliphatic heterocycles. The highest BCUT2D eigenvalue weighted by atomic mass is 19.1. The third-order valence-corrected chi connectivity index (χ3v) is 4.94. The summed E-state index contributed by atoms with van der Waals surface area (Å²) >= 11 is 0. The lowest BCUT2D eigenvalue weighted by molar-refractivity contribution is -0.144. The second kappa shape index (κ2) is 10.3. The van der Waals surface area contributed by atoms with Crippen molar-refractivity contribution < 1.29 is 23.9 Å². The maximum Gasteiger partial charge on any atom is 0.307 e. The van der Waals surface area contributed by atoms with Gasteiger partial charge in [-0.3, -0.25) is 14.4 Å². The molecular weight excluding hydrogens is 417 g/mol. The predicted molar refractivity (Wildman–Crippen MR) is 113 cm³/mol. The van der Waals surface area contributed by atoms with Crippen LogP contribution in [-0.4, -0.2) is 44.3 Å². The molecule has 2 aromatic carbocycles. The molecule has 9 nitrogen and oxygen atoms in total. The molecule has 10 heteroatoms. The molecule has 0 saturated carbocycles. The Morgan fingerprint density at radius 2 is 1.88 bits per heavy atom. The number of carboxylic acid groups (broad SMARTS) is 1. The van der Waals surface area contributed by atoms with E-state index in [2.05, 4.69) is 20.7 Å². The van der Waals surface area contributed by atoms with Gasteiger partial charge < -0.3 is 16.2 Å². The molecule has 3 aromatic rings. The lowest BCUT2D eigenvalue weighted by Gasteiger charge is -2.22. The minimum atomic E-state index is -1.18. The van der Waals surface area contributed by atoms with Crippen molar-refractivity contribution in [1.29, 1.82) is 0 Å². The number of rotatable bonds is 10. The average molecular weight is 439 g/mol. The fraction of sp³-hybridized carbons (Fsp3) is 0.227. The summed E-state index contributed by atoms with van der Waals surface area (Å²) in [4.78, 5) is 35.3. The minimum Gasteiger partial charge on any atom is -0.481 e. The largest absolute Gasteiger partial charge is 0.481 e. The van der Waals surface area contributed by atoms with Crippen LogP contribution in [0.5, 0.6) is 0 Å². The number of primary amides is 1. The number of nitrogens with one attached hydrogen (secondary N) is 2. The van der Waals surface area contributed by atoms with Crippen LogP contribution in [0.3, 0.4) is 0 Å². The van der Waals surface area contributed by atoms with Crippen molar-refractivity contribution in [3.8, 4) is 11.1 Å². The van der Waals surface area contributed by atoms with E-state index in [1.807, 2.05) is 24.3 Å². The molecule has 0 bridgehead atoms. The number of aromatic nitrogens is 3. The normalized spacial score (nSPS) is 12.7. The van der Waals surface area contributed by atoms with E-state index in [4.69, 9.17) is 5.73 Å². The van der Waals surface area contributed by atoms with Gasteiger partial charge in [-0.25, -0.2) is 4.39 Å². The zero-order valence-corrected chi connectivity index (χ0v) is 17.0. The monoisotopic (exact) mass is 439 g/mol. The summed E-state index contributed by atoms with van der Waals surface area (Å²) < 4.78 is 13.5. The number of carbonyl (C=O) groups excluding carboxylic acids is 2. The van der Waals surface area contributed by atoms with E-state index in [1.54, 1.807) is 12.1 Å². The fourth-order valence-corrected chi connectivity index (χ4v) is 3.41. The molecule has 2 amide bonds. The molecule has 2 atom stereocenters. The van der Waals surface area contributed by atoms with E-state index in [9.17, 15) is 23.9 Å². The van der Waals surface area contributed by atoms with Crippen molar-refractivity contribution in [1.82, 2.24) is 20.7 Å². The van der Waals surface area contributed by atoms with Gasteiger partial charge in [-0.1, -0.05) is 36.4 Å². The number of hydrogen-bond donors (Lipinski definition) is 4. The first-order chi connectivity index (χ1) is 15.3. The highest BCUT2D eigenvalue weighted by molar-refractivity contribution is 5.92. The van der Waals surface area contributed by atoms with E-state index in [0.717, 1.165) is 16.7 Å². The van der Waals surface area contributed by atoms with E-state index in [1.165, 1.54) is 18.3 Å². The Balaban J connectivity index is 1.78. The molecule has 0 radical (unpaired) electrons. The van der Waals surface area contributed by atoms with Crippen LogP contribution in [0, 0.1) is 11.7 Å². The van der Waals surface area contributed by atoms with E-state index in [-0.39, 0.29) is 24.4 Å². The fourth-order valence-electron chi connectivity index (χ4n) is 3.41. The van der Waals surface area contributed by atoms with Gasteiger partial charge in [0.1, 0.15) is 5.82 Å². The van der Waals surface area contributed by atoms with Crippen LogP contribution in [0.25, 0.3) is 11.1 Å². The summed E-state index contributed by atoms with van der Waals surface area (Å²) in [6.45, 7) is 0. The van der Waals surface area contributed by atoms with Crippen molar-refractivity contribution in [3.05, 3.63) is 71.8 Å². The van der Waals surface area contributed by atoms with E-state index in [0.29, 0.717) is 6.42 Å². The lowest BCUT2D eigenvalue weighted by Crippen LogP contribution is -2.40. The second-order valence-corrected chi connectivity index (χ2v) is 7.38. The summed E-state index contributed by atoms with van der Waals surface area (Å²) in [5.74, 6) is -3.83. The van der Waals surface area contributed by atoms with Gasteiger partial charge in [0.05, 0.1) is 12.1 Å². The first-order valence-electron chi connectivity index (χ1n) is 9.84. The quantitative estimate of drug-likeness (QED) is 0.379. The molecule has 0 fully saturated rings. The average Bonchev–Trinajstić information content (AvgIpc) is 3.28. The van der Waals surface area contributed by atoms with Crippen LogP contribution in [0.2, 0.25) is 0 Å². The maximum absolute atomic E-state index is 13.5. The Kier molecular flexibility index (Phi) is 7.27. The number of halogens is 1. The van der Waals surface area contributed by atoms with Crippen LogP contribution in [0.4, 0.5) is 4.39 Å². The van der Waals surface area contributed by atoms with Crippen LogP contribution < -0.4 is 11.1 Å². The van der Waals surface area contributed by atoms with Crippen molar-refractivity contribution in [3.63, 3.8) is 0 Å². The predicted octanol–water partition coefficient (Wildman–Crippen LogP) is 1.92. The van der Waals surface area contributed by atoms with Crippen LogP contribution in [0.1, 0.15) is 28.9 Å². The number of carboxylic acids is 1. The summed E-state index contributed by atoms with van der Waals surface area (Å²) in [6.07, 6.45) is 1.20. The van der Waals surface area contributed by atoms with Gasteiger partial charge in [0, 0.05) is 12.5 Å². The topological polar surface area (TPSA) is 151 Å². The van der Waals surface area contributed by atoms with Gasteiger partial charge in [0.25, 0.3) is 5.91 Å². The van der Waals surface area contributed by atoms with Crippen molar-refractivity contribution in [2.75, 3.05) is 0 Å². The molecule has 0 aliphatic carbocycles. The summed E-state index contributed by atoms with van der Waals surface area (Å²) in [6, 6.07) is 12.9. The Hall–Kier alpha value is -4.08. The molecule has 166 valence electrons. The molecule has 1 aromatic heterocycles. The molecule has 32 heavy (non-hydrogen) atoms. The molecule has 2 unspecified atom stereocenters. The first kappa shape index (κ1) is 22.6. The number of nitrogens with two attached hydrogens (primary N) is 1. The highest BCUT2D eigenvalue weighted by Crippen LogP contribution is 2.22. The van der Waals surface area contributed by atoms with Crippen molar-refractivity contribution in [2.45, 2.75) is 25.3 Å². The van der Waals surface area contributed by atoms with Gasteiger partial charge in [0.2, 0.25) is 5.91 Å². The minimum absolute atomic E-state index is 0.00644. The number of aliphatic carboxylic acids is 1. The number of amides is 2. The Morgan fingerprint density at radius 3 is 2.47 bits per heavy atom. The van der Waals surface area contributed by atoms with Crippen LogP contribution >= 0.6 is 0 Å². The third kappa shape index (κ3) is 6.21. The maximum atomic E-state index is 13.5. The smallest absolute Gasteiger partial charge is 0.307 e. The van der Waals surface area contributed by atoms with Crippen molar-refractivity contribution >= 4 is 17.8 Å². The Morgan fingerprint density at radius 1 is 1.12 bits per heavy atom. The molecule has 0 spiro atoms. The number of carbonyl (C=O) groups is 3. The molecule has 0 saturated heterocycles. The second-order valence-electron chi connectivity index (χ2n) is 7.38. The summed E-state index contributed by atoms with van der Waals surface area (Å²) in [7, 11) is 0. The molecule has 5 N–H and O–H groups in total. The molecular formula is C22H22FN5O4. The van der Waals surface area contributed by atoms with Gasteiger partial charge >= 0.3 is 5.97 Å². The zero-order valence-electron chi connectivity index (χ0n) is 17.0. The zero-order chi connectivity index (χ0) is 23.1. The van der Waals surface area contributed by atoms with Crippen molar-refractivity contribution in [2.24, 2.45) is 11.7 Å². The van der Waals surface area contributed by atoms with Gasteiger partial charge in [0.15, 0.2) is 5.69 Å². The number of nitrogens with zero attached hydrogens (tertiary/aromatic N) is 2. The number of hydrogen-bond acceptors (Lipinski definition) is 5. The van der Waals surface area contributed by atoms with E-state index < -0.39 is 29.7 Å². The third-order valence-electron chi connectivity index (χ3n) is 4.94. The SMILES string of the molecule is NC(=O)CC(CC(Cc1ccc(-c2cccc(F)c2)cc1)NC(=O)c1cn[nH]n1)C(=O)O. The van der Waals surface area contributed by atoms with Gasteiger partial charge in [-0.05, 0) is 41.7 Å². The highest BCUT2D eigenvalue weighted by Gasteiger charge is 2.26. The van der Waals surface area contributed by atoms with Crippen LogP contribution in [0.15, 0.2) is 54.7 Å². The van der Waals surface area contributed by atoms with Gasteiger partial charge in [-0.2, -0.15) is 15.4 Å². The van der Waals surface area contributed by atoms with Crippen LogP contribution in [-0.2, 0) is 16.0 Å².